The van der Waals surface area contributed by atoms with Gasteiger partial charge in [-0.25, -0.2) is 0 Å². The largest absolute Gasteiger partial charge is 0.522 e. The molecule has 12 heteroatoms. The van der Waals surface area contributed by atoms with Crippen molar-refractivity contribution >= 4 is 23.5 Å². The zero-order valence-corrected chi connectivity index (χ0v) is 19.5. The van der Waals surface area contributed by atoms with Crippen LogP contribution in [0.15, 0.2) is 0 Å². The first kappa shape index (κ1) is 26.4. The van der Waals surface area contributed by atoms with Crippen molar-refractivity contribution in [3.63, 3.8) is 0 Å². The molecule has 0 aromatic rings. The molecule has 34 heavy (non-hydrogen) atoms. The Morgan fingerprint density at radius 1 is 1.29 bits per heavy atom. The zero-order chi connectivity index (χ0) is 25.3. The fraction of sp³-hybridized carbons (Fsp3) is 0.818. The summed E-state index contributed by atoms with van der Waals surface area (Å²) in [7, 11) is 0. The van der Waals surface area contributed by atoms with Crippen molar-refractivity contribution in [3.8, 4) is 0 Å². The van der Waals surface area contributed by atoms with E-state index in [-0.39, 0.29) is 29.6 Å². The van der Waals surface area contributed by atoms with Crippen LogP contribution in [0.1, 0.15) is 52.4 Å². The molecule has 4 atom stereocenters. The molecule has 0 bridgehead atoms. The molecule has 1 unspecified atom stereocenters. The number of alkyl halides is 3. The van der Waals surface area contributed by atoms with Crippen LogP contribution in [0.25, 0.3) is 0 Å². The van der Waals surface area contributed by atoms with Crippen LogP contribution < -0.4 is 16.4 Å². The van der Waals surface area contributed by atoms with Gasteiger partial charge in [0, 0.05) is 19.0 Å². The van der Waals surface area contributed by atoms with Crippen LogP contribution in [0.2, 0.25) is 0 Å². The minimum absolute atomic E-state index is 0.143. The van der Waals surface area contributed by atoms with E-state index in [0.717, 1.165) is 12.8 Å². The quantitative estimate of drug-likeness (QED) is 0.416. The summed E-state index contributed by atoms with van der Waals surface area (Å²) in [4.78, 5) is 52.2. The molecule has 3 aliphatic rings. The minimum Gasteiger partial charge on any atom is -0.356 e. The summed E-state index contributed by atoms with van der Waals surface area (Å²) in [6, 6.07) is -2.99. The lowest BCUT2D eigenvalue weighted by atomic mass is 9.95. The fourth-order valence-electron chi connectivity index (χ4n) is 4.83. The topological polar surface area (TPSA) is 131 Å². The first-order valence-electron chi connectivity index (χ1n) is 11.7. The fourth-order valence-corrected chi connectivity index (χ4v) is 4.83. The number of likely N-dealkylation sites (tertiary alicyclic amines) is 1. The second-order valence-electron chi connectivity index (χ2n) is 10.2. The Hall–Kier alpha value is -2.21. The van der Waals surface area contributed by atoms with Crippen molar-refractivity contribution < 1.29 is 37.1 Å². The lowest BCUT2D eigenvalue weighted by Gasteiger charge is -2.29. The molecule has 3 amide bonds. The van der Waals surface area contributed by atoms with Crippen molar-refractivity contribution in [1.29, 1.82) is 0 Å². The highest BCUT2D eigenvalue weighted by Gasteiger charge is 2.55. The molecule has 1 saturated carbocycles. The van der Waals surface area contributed by atoms with E-state index in [4.69, 9.17) is 5.73 Å². The van der Waals surface area contributed by atoms with E-state index in [0.29, 0.717) is 32.4 Å². The summed E-state index contributed by atoms with van der Waals surface area (Å²) in [6.07, 6.45) is -2.16. The lowest BCUT2D eigenvalue weighted by molar-refractivity contribution is -0.321. The van der Waals surface area contributed by atoms with Crippen molar-refractivity contribution in [1.82, 2.24) is 15.5 Å². The number of nitrogens with zero attached hydrogens (tertiary/aromatic N) is 1. The molecule has 2 heterocycles. The highest BCUT2D eigenvalue weighted by atomic mass is 19.4. The van der Waals surface area contributed by atoms with Gasteiger partial charge in [-0.05, 0) is 49.9 Å². The van der Waals surface area contributed by atoms with Crippen LogP contribution in [-0.2, 0) is 23.9 Å². The Labute approximate surface area is 196 Å². The highest BCUT2D eigenvalue weighted by Crippen LogP contribution is 2.55. The summed E-state index contributed by atoms with van der Waals surface area (Å²) in [5, 5.41) is 5.13. The van der Waals surface area contributed by atoms with E-state index in [1.807, 2.05) is 13.8 Å². The van der Waals surface area contributed by atoms with E-state index in [1.54, 1.807) is 0 Å². The molecule has 0 aromatic heterocycles. The lowest BCUT2D eigenvalue weighted by Crippen LogP contribution is -2.54. The summed E-state index contributed by atoms with van der Waals surface area (Å²) in [6.45, 7) is 3.36. The minimum atomic E-state index is -5.01. The van der Waals surface area contributed by atoms with Gasteiger partial charge in [-0.1, -0.05) is 13.8 Å². The number of carbonyl (C=O) groups excluding carboxylic acids is 4. The number of hydrogen-bond donors (Lipinski definition) is 3. The predicted octanol–water partition coefficient (Wildman–Crippen LogP) is 0.857. The third kappa shape index (κ3) is 6.68. The van der Waals surface area contributed by atoms with Gasteiger partial charge in [0.2, 0.25) is 17.7 Å². The van der Waals surface area contributed by atoms with E-state index in [2.05, 4.69) is 15.4 Å². The molecule has 4 N–H and O–H groups in total. The van der Waals surface area contributed by atoms with Gasteiger partial charge in [0.15, 0.2) is 5.78 Å². The number of nitrogens with two attached hydrogens (primary N) is 1. The number of hydrogen-bond acceptors (Lipinski definition) is 6. The zero-order valence-electron chi connectivity index (χ0n) is 19.5. The maximum Gasteiger partial charge on any atom is 0.522 e. The molecule has 3 rings (SSSR count). The van der Waals surface area contributed by atoms with Gasteiger partial charge in [-0.3, -0.25) is 23.9 Å². The first-order chi connectivity index (χ1) is 15.8. The average Bonchev–Trinajstić information content (AvgIpc) is 3.19. The van der Waals surface area contributed by atoms with E-state index in [9.17, 15) is 32.3 Å². The van der Waals surface area contributed by atoms with Crippen LogP contribution in [-0.4, -0.2) is 72.6 Å². The van der Waals surface area contributed by atoms with E-state index < -0.39 is 48.7 Å². The highest BCUT2D eigenvalue weighted by molar-refractivity contribution is 5.95. The van der Waals surface area contributed by atoms with Gasteiger partial charge < -0.3 is 21.3 Å². The van der Waals surface area contributed by atoms with Crippen molar-refractivity contribution in [2.24, 2.45) is 23.0 Å². The molecule has 1 aliphatic carbocycles. The standard InChI is InChI=1S/C22H33F3N4O5/c1-12(2)7-14(26)20(33)29-11-21(4-5-21)9-16(29)19(32)28-15(8-13-3-6-27-18(13)31)17(30)10-34-22(23,24)25/h12-16H,3-11,26H2,1-2H3,(H,27,31)(H,28,32)/t13-,14-,15?,16-/m0/s1. The SMILES string of the molecule is CC(C)C[C@H](N)C(=O)N1CC2(CC2)C[C@H]1C(=O)NC(C[C@@H]1CCNC1=O)C(=O)COC(F)(F)F. The number of rotatable bonds is 10. The molecule has 3 fully saturated rings. The summed E-state index contributed by atoms with van der Waals surface area (Å²) in [5.41, 5.74) is 5.93. The summed E-state index contributed by atoms with van der Waals surface area (Å²) < 4.78 is 41.1. The van der Waals surface area contributed by atoms with Crippen LogP contribution in [0.3, 0.4) is 0 Å². The third-order valence-corrected chi connectivity index (χ3v) is 6.86. The Balaban J connectivity index is 1.73. The predicted molar refractivity (Wildman–Crippen MR) is 114 cm³/mol. The molecule has 0 aromatic carbocycles. The number of ether oxygens (including phenoxy) is 1. The number of ketones is 1. The van der Waals surface area contributed by atoms with Crippen LogP contribution in [0.5, 0.6) is 0 Å². The number of halogens is 3. The number of carbonyl (C=O) groups is 4. The average molecular weight is 491 g/mol. The Kier molecular flexibility index (Phi) is 7.91. The molecule has 2 aliphatic heterocycles. The molecule has 0 radical (unpaired) electrons. The molecule has 1 spiro atoms. The van der Waals surface area contributed by atoms with Crippen molar-refractivity contribution in [2.45, 2.75) is 76.9 Å². The van der Waals surface area contributed by atoms with Crippen LogP contribution in [0.4, 0.5) is 13.2 Å². The second kappa shape index (κ2) is 10.2. The van der Waals surface area contributed by atoms with Gasteiger partial charge in [0.25, 0.3) is 0 Å². The number of Topliss-reactive ketones (excluding diaryl/α,β-unsaturated/α-hetero) is 1. The molecular weight excluding hydrogens is 457 g/mol. The van der Waals surface area contributed by atoms with Gasteiger partial charge >= 0.3 is 6.36 Å². The van der Waals surface area contributed by atoms with Gasteiger partial charge in [0.1, 0.15) is 12.6 Å². The van der Waals surface area contributed by atoms with Gasteiger partial charge in [-0.2, -0.15) is 0 Å². The van der Waals surface area contributed by atoms with Gasteiger partial charge in [-0.15, -0.1) is 13.2 Å². The Morgan fingerprint density at radius 3 is 2.50 bits per heavy atom. The van der Waals surface area contributed by atoms with E-state index in [1.165, 1.54) is 4.90 Å². The van der Waals surface area contributed by atoms with Gasteiger partial charge in [0.05, 0.1) is 12.1 Å². The van der Waals surface area contributed by atoms with Crippen molar-refractivity contribution in [3.05, 3.63) is 0 Å². The molecule has 2 saturated heterocycles. The molecular formula is C22H33F3N4O5. The first-order valence-corrected chi connectivity index (χ1v) is 11.7. The Morgan fingerprint density at radius 2 is 1.97 bits per heavy atom. The summed E-state index contributed by atoms with van der Waals surface area (Å²) in [5.74, 6) is -2.72. The second-order valence-corrected chi connectivity index (χ2v) is 10.2. The number of amides is 3. The normalized spacial score (nSPS) is 25.4. The monoisotopic (exact) mass is 490 g/mol. The number of nitrogens with one attached hydrogen (secondary N) is 2. The summed E-state index contributed by atoms with van der Waals surface area (Å²) >= 11 is 0. The van der Waals surface area contributed by atoms with Crippen molar-refractivity contribution in [2.75, 3.05) is 19.7 Å². The van der Waals surface area contributed by atoms with Crippen LogP contribution >= 0.6 is 0 Å². The maximum absolute atomic E-state index is 13.2. The molecule has 9 nitrogen and oxygen atoms in total. The third-order valence-electron chi connectivity index (χ3n) is 6.86. The molecule has 192 valence electrons. The Bertz CT molecular complexity index is 815. The van der Waals surface area contributed by atoms with Crippen LogP contribution in [0, 0.1) is 17.3 Å². The van der Waals surface area contributed by atoms with E-state index >= 15 is 0 Å². The smallest absolute Gasteiger partial charge is 0.356 e. The maximum atomic E-state index is 13.2.